The number of nitrogens with one attached hydrogen (secondary N) is 2. The minimum atomic E-state index is -3.97. The van der Waals surface area contributed by atoms with Crippen molar-refractivity contribution in [1.82, 2.24) is 39.3 Å². The van der Waals surface area contributed by atoms with Crippen molar-refractivity contribution >= 4 is 70.5 Å². The second-order valence-corrected chi connectivity index (χ2v) is 15.3. The summed E-state index contributed by atoms with van der Waals surface area (Å²) < 4.78 is 50.9. The Bertz CT molecular complexity index is 2240. The predicted molar refractivity (Wildman–Crippen MR) is 188 cm³/mol. The van der Waals surface area contributed by atoms with Gasteiger partial charge >= 0.3 is 0 Å². The molecule has 19 heteroatoms. The number of pyridine rings is 4. The lowest BCUT2D eigenvalue weighted by atomic mass is 10.3. The first-order valence-corrected chi connectivity index (χ1v) is 19.1. The fourth-order valence-corrected chi connectivity index (χ4v) is 7.48. The summed E-state index contributed by atoms with van der Waals surface area (Å²) in [6, 6.07) is 16.6. The maximum absolute atomic E-state index is 12.0. The van der Waals surface area contributed by atoms with Gasteiger partial charge in [0.1, 0.15) is 14.6 Å². The molecule has 252 valence electrons. The zero-order chi connectivity index (χ0) is 35.4. The number of nitrogens with zero attached hydrogens (tertiary/aromatic N) is 6. The lowest BCUT2D eigenvalue weighted by molar-refractivity contribution is -0.118. The summed E-state index contributed by atoms with van der Waals surface area (Å²) in [6.45, 7) is 2.25. The fourth-order valence-electron chi connectivity index (χ4n) is 3.59. The van der Waals surface area contributed by atoms with Crippen LogP contribution in [0, 0.1) is 0 Å². The van der Waals surface area contributed by atoms with Crippen LogP contribution in [0.5, 0.6) is 0 Å². The maximum atomic E-state index is 12.0. The number of rotatable bonds is 7. The summed E-state index contributed by atoms with van der Waals surface area (Å²) >= 11 is 6.03. The number of carbonyl (C=O) groups is 2. The molecule has 6 aromatic heterocycles. The Morgan fingerprint density at radius 1 is 0.673 bits per heavy atom. The quantitative estimate of drug-likeness (QED) is 0.206. The van der Waals surface area contributed by atoms with E-state index in [4.69, 9.17) is 0 Å². The molecular formula is C30H25BrN8O6S4. The maximum Gasteiger partial charge on any atom is 0.281 e. The molecule has 49 heavy (non-hydrogen) atoms. The summed E-state index contributed by atoms with van der Waals surface area (Å²) in [5.74, 6) is -1.31. The number of hydrogen-bond donors (Lipinski definition) is 2. The van der Waals surface area contributed by atoms with E-state index in [0.717, 1.165) is 35.0 Å². The molecule has 0 saturated carbocycles. The van der Waals surface area contributed by atoms with Gasteiger partial charge in [-0.3, -0.25) is 19.6 Å². The monoisotopic (exact) mass is 800 g/mol. The Morgan fingerprint density at radius 2 is 1.24 bits per heavy atom. The van der Waals surface area contributed by atoms with Gasteiger partial charge in [-0.15, -0.1) is 22.7 Å². The normalized spacial score (nSPS) is 10.8. The molecule has 0 aliphatic heterocycles. The van der Waals surface area contributed by atoms with Crippen molar-refractivity contribution in [3.05, 3.63) is 108 Å². The number of sulfonamides is 2. The molecule has 0 unspecified atom stereocenters. The molecule has 0 atom stereocenters. The highest BCUT2D eigenvalue weighted by Gasteiger charge is 2.19. The highest BCUT2D eigenvalue weighted by atomic mass is 79.9. The molecule has 2 N–H and O–H groups in total. The van der Waals surface area contributed by atoms with Crippen molar-refractivity contribution in [2.24, 2.45) is 0 Å². The summed E-state index contributed by atoms with van der Waals surface area (Å²) in [4.78, 5) is 46.7. The third-order valence-corrected chi connectivity index (χ3v) is 10.5. The third kappa shape index (κ3) is 11.1. The zero-order valence-corrected chi connectivity index (χ0v) is 30.3. The van der Waals surface area contributed by atoms with Crippen LogP contribution in [0.25, 0.3) is 31.7 Å². The smallest absolute Gasteiger partial charge is 0.274 e. The van der Waals surface area contributed by atoms with Gasteiger partial charge in [0.05, 0.1) is 10.6 Å². The van der Waals surface area contributed by atoms with E-state index in [-0.39, 0.29) is 10.1 Å². The molecule has 0 radical (unpaired) electrons. The number of halogens is 1. The van der Waals surface area contributed by atoms with Gasteiger partial charge in [0.25, 0.3) is 20.0 Å². The number of hydrogen-bond acceptors (Lipinski definition) is 14. The molecule has 6 heterocycles. The minimum Gasteiger partial charge on any atom is -0.274 e. The Kier molecular flexibility index (Phi) is 12.9. The van der Waals surface area contributed by atoms with Crippen LogP contribution in [0.1, 0.15) is 13.8 Å². The van der Waals surface area contributed by atoms with Gasteiger partial charge in [-0.2, -0.15) is 16.8 Å². The van der Waals surface area contributed by atoms with Gasteiger partial charge in [0.15, 0.2) is 10.1 Å². The van der Waals surface area contributed by atoms with Crippen molar-refractivity contribution in [3.63, 3.8) is 0 Å². The SMILES string of the molecule is CC(=O)NS(=O)(=O)c1cccc(-c2cnc(-c3cccnc3)s2)n1.CC(=O)NS(=O)(=O)c1cccc(Br)n1.c1cncc(-c2nccs2)c1. The van der Waals surface area contributed by atoms with Crippen molar-refractivity contribution < 1.29 is 26.4 Å². The number of aromatic nitrogens is 6. The van der Waals surface area contributed by atoms with Gasteiger partial charge in [0, 0.05) is 67.5 Å². The van der Waals surface area contributed by atoms with Crippen LogP contribution in [-0.4, -0.2) is 58.6 Å². The third-order valence-electron chi connectivity index (χ3n) is 5.53. The molecule has 0 aromatic carbocycles. The molecule has 0 fully saturated rings. The summed E-state index contributed by atoms with van der Waals surface area (Å²) in [7, 11) is -7.79. The summed E-state index contributed by atoms with van der Waals surface area (Å²) in [5.41, 5.74) is 2.42. The molecule has 0 aliphatic carbocycles. The Hall–Kier alpha value is -4.82. The van der Waals surface area contributed by atoms with Gasteiger partial charge in [-0.05, 0) is 64.5 Å². The van der Waals surface area contributed by atoms with E-state index >= 15 is 0 Å². The molecule has 0 bridgehead atoms. The van der Waals surface area contributed by atoms with Crippen LogP contribution in [-0.2, 0) is 29.6 Å². The standard InChI is InChI=1S/C15H12N4O3S2.C8H6N2S.C7H7BrN2O3S/c1-10(20)19-24(21,22)14-6-2-5-12(18-14)13-9-17-15(23-13)11-4-3-7-16-8-11;1-2-7(6-9-3-1)8-10-4-5-11-8;1-5(11)10-14(12,13)7-4-2-3-6(8)9-7/h2-9H,1H3,(H,19,20);1-6H;2-4H,1H3,(H,10,11). The zero-order valence-electron chi connectivity index (χ0n) is 25.5. The van der Waals surface area contributed by atoms with E-state index in [1.165, 1.54) is 29.5 Å². The van der Waals surface area contributed by atoms with E-state index in [1.807, 2.05) is 45.3 Å². The van der Waals surface area contributed by atoms with Gasteiger partial charge in [-0.25, -0.2) is 29.4 Å². The van der Waals surface area contributed by atoms with Gasteiger partial charge < -0.3 is 0 Å². The van der Waals surface area contributed by atoms with Gasteiger partial charge in [-0.1, -0.05) is 12.1 Å². The highest BCUT2D eigenvalue weighted by molar-refractivity contribution is 9.10. The summed E-state index contributed by atoms with van der Waals surface area (Å²) in [5, 5.41) is 3.34. The van der Waals surface area contributed by atoms with Crippen LogP contribution in [0.2, 0.25) is 0 Å². The molecule has 0 saturated heterocycles. The number of carbonyl (C=O) groups excluding carboxylic acids is 2. The Morgan fingerprint density at radius 3 is 1.76 bits per heavy atom. The molecule has 0 aliphatic rings. The predicted octanol–water partition coefficient (Wildman–Crippen LogP) is 4.97. The minimum absolute atomic E-state index is 0.193. The second-order valence-electron chi connectivity index (χ2n) is 9.33. The van der Waals surface area contributed by atoms with Crippen molar-refractivity contribution in [1.29, 1.82) is 0 Å². The number of thiazole rings is 2. The van der Waals surface area contributed by atoms with Crippen LogP contribution in [0.15, 0.2) is 118 Å². The van der Waals surface area contributed by atoms with Crippen molar-refractivity contribution in [2.45, 2.75) is 23.9 Å². The van der Waals surface area contributed by atoms with E-state index in [0.29, 0.717) is 15.2 Å². The van der Waals surface area contributed by atoms with Crippen LogP contribution in [0.4, 0.5) is 0 Å². The average Bonchev–Trinajstić information content (AvgIpc) is 3.79. The molecule has 6 rings (SSSR count). The van der Waals surface area contributed by atoms with Crippen LogP contribution in [0.3, 0.4) is 0 Å². The Labute approximate surface area is 298 Å². The van der Waals surface area contributed by atoms with Crippen molar-refractivity contribution in [3.8, 4) is 31.7 Å². The molecule has 6 aromatic rings. The summed E-state index contributed by atoms with van der Waals surface area (Å²) in [6.07, 6.45) is 10.4. The highest BCUT2D eigenvalue weighted by Crippen LogP contribution is 2.31. The topological polar surface area (TPSA) is 204 Å². The Balaban J connectivity index is 0.000000183. The lowest BCUT2D eigenvalue weighted by Crippen LogP contribution is -2.28. The first-order chi connectivity index (χ1) is 23.3. The molecule has 0 spiro atoms. The molecule has 14 nitrogen and oxygen atoms in total. The lowest BCUT2D eigenvalue weighted by Gasteiger charge is -2.04. The van der Waals surface area contributed by atoms with E-state index in [1.54, 1.807) is 60.5 Å². The average molecular weight is 802 g/mol. The van der Waals surface area contributed by atoms with Crippen LogP contribution >= 0.6 is 38.6 Å². The first-order valence-electron chi connectivity index (χ1n) is 13.7. The van der Waals surface area contributed by atoms with E-state index in [9.17, 15) is 26.4 Å². The van der Waals surface area contributed by atoms with Crippen molar-refractivity contribution in [2.75, 3.05) is 0 Å². The first kappa shape index (κ1) is 37.0. The largest absolute Gasteiger partial charge is 0.281 e. The van der Waals surface area contributed by atoms with Crippen LogP contribution < -0.4 is 9.44 Å². The fraction of sp³-hybridized carbons (Fsp3) is 0.0667. The van der Waals surface area contributed by atoms with E-state index in [2.05, 4.69) is 45.8 Å². The molecular weight excluding hydrogens is 777 g/mol. The molecule has 2 amide bonds. The van der Waals surface area contributed by atoms with Gasteiger partial charge in [0.2, 0.25) is 11.8 Å². The number of amides is 2. The second kappa shape index (κ2) is 17.0. The van der Waals surface area contributed by atoms with E-state index < -0.39 is 31.9 Å².